The number of nitrogens with one attached hydrogen (secondary N) is 1. The van der Waals surface area contributed by atoms with Gasteiger partial charge in [-0.1, -0.05) is 31.0 Å². The zero-order chi connectivity index (χ0) is 15.9. The van der Waals surface area contributed by atoms with Crippen LogP contribution in [0.1, 0.15) is 30.1 Å². The number of benzene rings is 2. The number of hydrogen-bond donors (Lipinski definition) is 1. The molecule has 0 aliphatic rings. The van der Waals surface area contributed by atoms with Gasteiger partial charge in [-0.05, 0) is 42.8 Å². The zero-order valence-electron chi connectivity index (χ0n) is 12.2. The van der Waals surface area contributed by atoms with Crippen molar-refractivity contribution in [1.29, 1.82) is 0 Å². The van der Waals surface area contributed by atoms with Gasteiger partial charge in [-0.2, -0.15) is 0 Å². The van der Waals surface area contributed by atoms with E-state index in [0.717, 1.165) is 12.8 Å². The molecule has 0 aromatic heterocycles. The Balaban J connectivity index is 2.18. The van der Waals surface area contributed by atoms with E-state index in [2.05, 4.69) is 12.2 Å². The molecule has 0 spiro atoms. The summed E-state index contributed by atoms with van der Waals surface area (Å²) in [4.78, 5) is 12.4. The van der Waals surface area contributed by atoms with Crippen LogP contribution in [0.15, 0.2) is 42.5 Å². The molecule has 3 nitrogen and oxygen atoms in total. The maximum atomic E-state index is 13.2. The smallest absolute Gasteiger partial charge is 0.259 e. The van der Waals surface area contributed by atoms with Gasteiger partial charge >= 0.3 is 0 Å². The number of halogens is 2. The summed E-state index contributed by atoms with van der Waals surface area (Å²) in [6, 6.07) is 10.6. The highest BCUT2D eigenvalue weighted by Gasteiger charge is 2.14. The molecule has 0 heterocycles. The molecule has 0 unspecified atom stereocenters. The number of carbonyl (C=O) groups is 1. The number of anilines is 1. The molecule has 5 heteroatoms. The third-order valence-corrected chi connectivity index (χ3v) is 3.26. The Bertz CT molecular complexity index is 661. The Morgan fingerprint density at radius 2 is 2.09 bits per heavy atom. The van der Waals surface area contributed by atoms with Gasteiger partial charge in [0.25, 0.3) is 5.91 Å². The first-order valence-corrected chi connectivity index (χ1v) is 7.47. The van der Waals surface area contributed by atoms with Gasteiger partial charge in [0.2, 0.25) is 0 Å². The molecule has 0 fully saturated rings. The van der Waals surface area contributed by atoms with Crippen molar-refractivity contribution in [2.45, 2.75) is 19.8 Å². The molecule has 2 rings (SSSR count). The molecule has 0 radical (unpaired) electrons. The lowest BCUT2D eigenvalue weighted by Crippen LogP contribution is -2.14. The first kappa shape index (κ1) is 16.3. The lowest BCUT2D eigenvalue weighted by molar-refractivity contribution is 0.102. The summed E-state index contributed by atoms with van der Waals surface area (Å²) in [6.45, 7) is 2.58. The zero-order valence-corrected chi connectivity index (χ0v) is 13.0. The van der Waals surface area contributed by atoms with Gasteiger partial charge in [0, 0.05) is 10.7 Å². The molecule has 116 valence electrons. The van der Waals surface area contributed by atoms with Crippen LogP contribution >= 0.6 is 11.6 Å². The van der Waals surface area contributed by atoms with E-state index < -0.39 is 5.82 Å². The second-order valence-corrected chi connectivity index (χ2v) is 5.24. The Hall–Kier alpha value is -2.07. The predicted octanol–water partition coefficient (Wildman–Crippen LogP) is 4.91. The number of unbranched alkanes of at least 4 members (excludes halogenated alkanes) is 1. The molecule has 1 amide bonds. The third kappa shape index (κ3) is 4.46. The lowest BCUT2D eigenvalue weighted by Gasteiger charge is -2.12. The first-order valence-electron chi connectivity index (χ1n) is 7.09. The van der Waals surface area contributed by atoms with E-state index in [1.165, 1.54) is 24.3 Å². The summed E-state index contributed by atoms with van der Waals surface area (Å²) in [6.07, 6.45) is 1.89. The van der Waals surface area contributed by atoms with Crippen LogP contribution < -0.4 is 10.1 Å². The standard InChI is InChI=1S/C17H17ClFNO2/c1-2-3-9-22-16-8-7-12(18)10-15(16)17(21)20-14-6-4-5-13(19)11-14/h4-8,10-11H,2-3,9H2,1H3,(H,20,21). The summed E-state index contributed by atoms with van der Waals surface area (Å²) in [5.74, 6) is -0.338. The normalized spacial score (nSPS) is 10.3. The van der Waals surface area contributed by atoms with Gasteiger partial charge in [-0.15, -0.1) is 0 Å². The first-order chi connectivity index (χ1) is 10.6. The fraction of sp³-hybridized carbons (Fsp3) is 0.235. The number of carbonyl (C=O) groups excluding carboxylic acids is 1. The minimum absolute atomic E-state index is 0.327. The van der Waals surface area contributed by atoms with Crippen LogP contribution in [0.4, 0.5) is 10.1 Å². The van der Waals surface area contributed by atoms with Gasteiger partial charge in [0.05, 0.1) is 12.2 Å². The Kier molecular flexibility index (Phi) is 5.78. The van der Waals surface area contributed by atoms with Crippen molar-refractivity contribution in [1.82, 2.24) is 0 Å². The highest BCUT2D eigenvalue weighted by molar-refractivity contribution is 6.31. The second kappa shape index (κ2) is 7.80. The van der Waals surface area contributed by atoms with Crippen molar-refractivity contribution >= 4 is 23.2 Å². The molecular formula is C17H17ClFNO2. The quantitative estimate of drug-likeness (QED) is 0.768. The Morgan fingerprint density at radius 3 is 2.82 bits per heavy atom. The van der Waals surface area contributed by atoms with Crippen LogP contribution in [0.2, 0.25) is 5.02 Å². The van der Waals surface area contributed by atoms with Crippen molar-refractivity contribution in [3.8, 4) is 5.75 Å². The summed E-state index contributed by atoms with van der Waals surface area (Å²) < 4.78 is 18.8. The van der Waals surface area contributed by atoms with Gasteiger partial charge in [0.1, 0.15) is 11.6 Å². The van der Waals surface area contributed by atoms with Crippen LogP contribution in [0.3, 0.4) is 0 Å². The maximum absolute atomic E-state index is 13.2. The third-order valence-electron chi connectivity index (χ3n) is 3.02. The van der Waals surface area contributed by atoms with E-state index in [9.17, 15) is 9.18 Å². The summed E-state index contributed by atoms with van der Waals surface area (Å²) in [5.41, 5.74) is 0.706. The molecule has 0 saturated heterocycles. The monoisotopic (exact) mass is 321 g/mol. The molecule has 0 aliphatic carbocycles. The molecule has 0 aliphatic heterocycles. The summed E-state index contributed by atoms with van der Waals surface area (Å²) in [5, 5.41) is 3.08. The van der Waals surface area contributed by atoms with Crippen LogP contribution in [-0.4, -0.2) is 12.5 Å². The van der Waals surface area contributed by atoms with Crippen LogP contribution in [0.5, 0.6) is 5.75 Å². The van der Waals surface area contributed by atoms with Crippen molar-refractivity contribution in [3.05, 3.63) is 58.9 Å². The average Bonchev–Trinajstić information content (AvgIpc) is 2.49. The van der Waals surface area contributed by atoms with Gasteiger partial charge in [-0.3, -0.25) is 4.79 Å². The molecular weight excluding hydrogens is 305 g/mol. The topological polar surface area (TPSA) is 38.3 Å². The minimum Gasteiger partial charge on any atom is -0.493 e. The van der Waals surface area contributed by atoms with Gasteiger partial charge in [-0.25, -0.2) is 4.39 Å². The summed E-state index contributed by atoms with van der Waals surface area (Å²) in [7, 11) is 0. The van der Waals surface area contributed by atoms with Crippen molar-refractivity contribution in [2.24, 2.45) is 0 Å². The lowest BCUT2D eigenvalue weighted by atomic mass is 10.1. The van der Waals surface area contributed by atoms with E-state index in [0.29, 0.717) is 28.6 Å². The molecule has 2 aromatic carbocycles. The van der Waals surface area contributed by atoms with E-state index in [-0.39, 0.29) is 5.91 Å². The molecule has 0 saturated carbocycles. The fourth-order valence-electron chi connectivity index (χ4n) is 1.90. The minimum atomic E-state index is -0.414. The number of rotatable bonds is 6. The summed E-state index contributed by atoms with van der Waals surface area (Å²) >= 11 is 5.95. The van der Waals surface area contributed by atoms with E-state index >= 15 is 0 Å². The number of amides is 1. The van der Waals surface area contributed by atoms with E-state index in [1.807, 2.05) is 0 Å². The average molecular weight is 322 g/mol. The SMILES string of the molecule is CCCCOc1ccc(Cl)cc1C(=O)Nc1cccc(F)c1. The maximum Gasteiger partial charge on any atom is 0.259 e. The Morgan fingerprint density at radius 1 is 1.27 bits per heavy atom. The molecule has 1 N–H and O–H groups in total. The van der Waals surface area contributed by atoms with Crippen LogP contribution in [-0.2, 0) is 0 Å². The fourth-order valence-corrected chi connectivity index (χ4v) is 2.07. The second-order valence-electron chi connectivity index (χ2n) is 4.81. The van der Waals surface area contributed by atoms with E-state index in [1.54, 1.807) is 18.2 Å². The Labute approximate surface area is 134 Å². The number of hydrogen-bond acceptors (Lipinski definition) is 2. The predicted molar refractivity (Wildman–Crippen MR) is 86.2 cm³/mol. The molecule has 22 heavy (non-hydrogen) atoms. The van der Waals surface area contributed by atoms with Crippen molar-refractivity contribution < 1.29 is 13.9 Å². The molecule has 2 aromatic rings. The van der Waals surface area contributed by atoms with Crippen LogP contribution in [0, 0.1) is 5.82 Å². The van der Waals surface area contributed by atoms with Crippen LogP contribution in [0.25, 0.3) is 0 Å². The van der Waals surface area contributed by atoms with E-state index in [4.69, 9.17) is 16.3 Å². The highest BCUT2D eigenvalue weighted by atomic mass is 35.5. The van der Waals surface area contributed by atoms with Crippen molar-refractivity contribution in [2.75, 3.05) is 11.9 Å². The largest absolute Gasteiger partial charge is 0.493 e. The van der Waals surface area contributed by atoms with Gasteiger partial charge in [0.15, 0.2) is 0 Å². The highest BCUT2D eigenvalue weighted by Crippen LogP contribution is 2.24. The molecule has 0 atom stereocenters. The van der Waals surface area contributed by atoms with Crippen molar-refractivity contribution in [3.63, 3.8) is 0 Å². The number of ether oxygens (including phenoxy) is 1. The van der Waals surface area contributed by atoms with Gasteiger partial charge < -0.3 is 10.1 Å². The molecule has 0 bridgehead atoms.